The van der Waals surface area contributed by atoms with Crippen LogP contribution in [0.1, 0.15) is 27.3 Å². The van der Waals surface area contributed by atoms with Crippen LogP contribution in [0.2, 0.25) is 0 Å². The lowest BCUT2D eigenvalue weighted by Gasteiger charge is -2.14. The van der Waals surface area contributed by atoms with E-state index in [9.17, 15) is 9.18 Å². The number of halogens is 1. The molecule has 0 saturated heterocycles. The molecular formula is C15H17FN4O. The summed E-state index contributed by atoms with van der Waals surface area (Å²) in [5.41, 5.74) is 3.41. The van der Waals surface area contributed by atoms with Crippen molar-refractivity contribution < 1.29 is 9.18 Å². The Morgan fingerprint density at radius 2 is 2.19 bits per heavy atom. The number of nitrogens with zero attached hydrogens (tertiary/aromatic N) is 2. The van der Waals surface area contributed by atoms with Crippen molar-refractivity contribution in [2.24, 2.45) is 7.05 Å². The Kier molecular flexibility index (Phi) is 3.70. The van der Waals surface area contributed by atoms with Gasteiger partial charge in [0.1, 0.15) is 5.82 Å². The van der Waals surface area contributed by atoms with E-state index >= 15 is 0 Å². The molecule has 6 heteroatoms. The fourth-order valence-electron chi connectivity index (χ4n) is 2.57. The van der Waals surface area contributed by atoms with Gasteiger partial charge in [-0.3, -0.25) is 9.48 Å². The Balaban J connectivity index is 1.72. The highest BCUT2D eigenvalue weighted by Gasteiger charge is 2.23. The van der Waals surface area contributed by atoms with Crippen LogP contribution in [0.25, 0.3) is 0 Å². The van der Waals surface area contributed by atoms with Gasteiger partial charge in [0.15, 0.2) is 5.69 Å². The van der Waals surface area contributed by atoms with Crippen LogP contribution in [0.5, 0.6) is 0 Å². The predicted molar refractivity (Wildman–Crippen MR) is 76.2 cm³/mol. The fourth-order valence-corrected chi connectivity index (χ4v) is 2.57. The average Bonchev–Trinajstić information content (AvgIpc) is 2.84. The van der Waals surface area contributed by atoms with Crippen LogP contribution < -0.4 is 10.6 Å². The van der Waals surface area contributed by atoms with E-state index in [4.69, 9.17) is 0 Å². The molecule has 5 nitrogen and oxygen atoms in total. The number of benzene rings is 1. The molecule has 0 radical (unpaired) electrons. The van der Waals surface area contributed by atoms with Gasteiger partial charge in [-0.15, -0.1) is 0 Å². The molecular weight excluding hydrogens is 271 g/mol. The molecule has 1 aromatic heterocycles. The van der Waals surface area contributed by atoms with Crippen molar-refractivity contribution in [3.8, 4) is 0 Å². The molecule has 2 heterocycles. The molecule has 0 saturated carbocycles. The van der Waals surface area contributed by atoms with Crippen LogP contribution in [-0.4, -0.2) is 22.2 Å². The van der Waals surface area contributed by atoms with Crippen molar-refractivity contribution in [3.63, 3.8) is 0 Å². The molecule has 1 aliphatic heterocycles. The molecule has 21 heavy (non-hydrogen) atoms. The number of nitrogens with one attached hydrogen (secondary N) is 2. The van der Waals surface area contributed by atoms with Gasteiger partial charge in [-0.2, -0.15) is 5.10 Å². The second-order valence-corrected chi connectivity index (χ2v) is 5.13. The molecule has 110 valence electrons. The normalized spacial score (nSPS) is 13.8. The highest BCUT2D eigenvalue weighted by molar-refractivity contribution is 5.94. The van der Waals surface area contributed by atoms with Crippen LogP contribution in [0.3, 0.4) is 0 Å². The van der Waals surface area contributed by atoms with E-state index in [0.717, 1.165) is 29.8 Å². The second kappa shape index (κ2) is 5.65. The molecule has 0 atom stereocenters. The zero-order chi connectivity index (χ0) is 14.8. The van der Waals surface area contributed by atoms with E-state index in [1.165, 1.54) is 12.1 Å². The molecule has 0 bridgehead atoms. The lowest BCUT2D eigenvalue weighted by Crippen LogP contribution is -2.28. The fraction of sp³-hybridized carbons (Fsp3) is 0.333. The van der Waals surface area contributed by atoms with E-state index in [1.807, 2.05) is 7.05 Å². The summed E-state index contributed by atoms with van der Waals surface area (Å²) in [4.78, 5) is 12.3. The Hall–Kier alpha value is -2.21. The molecule has 0 aliphatic carbocycles. The van der Waals surface area contributed by atoms with Crippen LogP contribution in [-0.2, 0) is 26.6 Å². The summed E-state index contributed by atoms with van der Waals surface area (Å²) in [6, 6.07) is 6.08. The zero-order valence-corrected chi connectivity index (χ0v) is 11.8. The highest BCUT2D eigenvalue weighted by Crippen LogP contribution is 2.17. The first-order valence-corrected chi connectivity index (χ1v) is 6.93. The molecule has 0 spiro atoms. The van der Waals surface area contributed by atoms with Crippen LogP contribution in [0, 0.1) is 5.82 Å². The number of hydrogen-bond donors (Lipinski definition) is 2. The summed E-state index contributed by atoms with van der Waals surface area (Å²) in [6.45, 7) is 1.93. The van der Waals surface area contributed by atoms with Crippen LogP contribution in [0.4, 0.5) is 4.39 Å². The van der Waals surface area contributed by atoms with Gasteiger partial charge in [0.05, 0.1) is 0 Å². The summed E-state index contributed by atoms with van der Waals surface area (Å²) >= 11 is 0. The number of carbonyl (C=O) groups excluding carboxylic acids is 1. The molecule has 1 aromatic carbocycles. The SMILES string of the molecule is Cn1nc(C(=O)NCc2ccc(F)cc2)c2c1CCNC2. The number of aryl methyl sites for hydroxylation is 1. The van der Waals surface area contributed by atoms with Gasteiger partial charge in [0, 0.05) is 44.4 Å². The first-order chi connectivity index (χ1) is 10.1. The summed E-state index contributed by atoms with van der Waals surface area (Å²) in [5.74, 6) is -0.477. The average molecular weight is 288 g/mol. The van der Waals surface area contributed by atoms with Crippen molar-refractivity contribution >= 4 is 5.91 Å². The Bertz CT molecular complexity index is 663. The Morgan fingerprint density at radius 1 is 1.43 bits per heavy atom. The van der Waals surface area contributed by atoms with Gasteiger partial charge < -0.3 is 10.6 Å². The van der Waals surface area contributed by atoms with E-state index < -0.39 is 0 Å². The zero-order valence-electron chi connectivity index (χ0n) is 11.8. The van der Waals surface area contributed by atoms with Crippen LogP contribution in [0.15, 0.2) is 24.3 Å². The third kappa shape index (κ3) is 2.80. The molecule has 3 rings (SSSR count). The maximum Gasteiger partial charge on any atom is 0.272 e. The number of hydrogen-bond acceptors (Lipinski definition) is 3. The van der Waals surface area contributed by atoms with E-state index in [2.05, 4.69) is 15.7 Å². The third-order valence-corrected chi connectivity index (χ3v) is 3.70. The minimum absolute atomic E-state index is 0.195. The van der Waals surface area contributed by atoms with Gasteiger partial charge in [-0.1, -0.05) is 12.1 Å². The number of amides is 1. The second-order valence-electron chi connectivity index (χ2n) is 5.13. The first-order valence-electron chi connectivity index (χ1n) is 6.93. The molecule has 2 aromatic rings. The van der Waals surface area contributed by atoms with Gasteiger partial charge in [0.2, 0.25) is 0 Å². The summed E-state index contributed by atoms with van der Waals surface area (Å²) in [5, 5.41) is 10.4. The molecule has 0 fully saturated rings. The van der Waals surface area contributed by atoms with E-state index in [-0.39, 0.29) is 11.7 Å². The molecule has 2 N–H and O–H groups in total. The molecule has 1 amide bonds. The number of rotatable bonds is 3. The molecule has 0 unspecified atom stereocenters. The van der Waals surface area contributed by atoms with Crippen molar-refractivity contribution in [1.82, 2.24) is 20.4 Å². The van der Waals surface area contributed by atoms with Crippen LogP contribution >= 0.6 is 0 Å². The summed E-state index contributed by atoms with van der Waals surface area (Å²) < 4.78 is 14.6. The van der Waals surface area contributed by atoms with Crippen molar-refractivity contribution in [3.05, 3.63) is 52.6 Å². The Labute approximate surface area is 122 Å². The van der Waals surface area contributed by atoms with Crippen molar-refractivity contribution in [2.75, 3.05) is 6.54 Å². The van der Waals surface area contributed by atoms with Gasteiger partial charge >= 0.3 is 0 Å². The Morgan fingerprint density at radius 3 is 2.95 bits per heavy atom. The molecule has 1 aliphatic rings. The minimum Gasteiger partial charge on any atom is -0.347 e. The number of carbonyl (C=O) groups is 1. The number of fused-ring (bicyclic) bond motifs is 1. The minimum atomic E-state index is -0.282. The first kappa shape index (κ1) is 13.8. The predicted octanol–water partition coefficient (Wildman–Crippen LogP) is 1.13. The standard InChI is InChI=1S/C15H17FN4O/c1-20-13-6-7-17-9-12(13)14(19-20)15(21)18-8-10-2-4-11(16)5-3-10/h2-5,17H,6-9H2,1H3,(H,18,21). The van der Waals surface area contributed by atoms with Gasteiger partial charge in [0.25, 0.3) is 5.91 Å². The largest absolute Gasteiger partial charge is 0.347 e. The van der Waals surface area contributed by atoms with Gasteiger partial charge in [-0.05, 0) is 17.7 Å². The lowest BCUT2D eigenvalue weighted by molar-refractivity contribution is 0.0944. The quantitative estimate of drug-likeness (QED) is 0.890. The monoisotopic (exact) mass is 288 g/mol. The third-order valence-electron chi connectivity index (χ3n) is 3.70. The maximum atomic E-state index is 12.8. The van der Waals surface area contributed by atoms with Gasteiger partial charge in [-0.25, -0.2) is 4.39 Å². The number of aromatic nitrogens is 2. The van der Waals surface area contributed by atoms with E-state index in [0.29, 0.717) is 18.8 Å². The lowest BCUT2D eigenvalue weighted by atomic mass is 10.1. The highest BCUT2D eigenvalue weighted by atomic mass is 19.1. The van der Waals surface area contributed by atoms with E-state index in [1.54, 1.807) is 16.8 Å². The summed E-state index contributed by atoms with van der Waals surface area (Å²) in [6.07, 6.45) is 0.879. The summed E-state index contributed by atoms with van der Waals surface area (Å²) in [7, 11) is 1.86. The van der Waals surface area contributed by atoms with Crippen molar-refractivity contribution in [1.29, 1.82) is 0 Å². The van der Waals surface area contributed by atoms with Crippen molar-refractivity contribution in [2.45, 2.75) is 19.5 Å². The smallest absolute Gasteiger partial charge is 0.272 e. The topological polar surface area (TPSA) is 59.0 Å². The maximum absolute atomic E-state index is 12.8.